The van der Waals surface area contributed by atoms with Gasteiger partial charge in [0.05, 0.1) is 5.56 Å². The maximum absolute atomic E-state index is 12.8. The van der Waals surface area contributed by atoms with Gasteiger partial charge in [0.15, 0.2) is 0 Å². The van der Waals surface area contributed by atoms with E-state index in [0.717, 1.165) is 17.7 Å². The molecule has 2 aromatic rings. The molecule has 3 rings (SSSR count). The summed E-state index contributed by atoms with van der Waals surface area (Å²) in [6.07, 6.45) is -0.576. The first-order chi connectivity index (χ1) is 13.0. The lowest BCUT2D eigenvalue weighted by Crippen LogP contribution is -2.27. The summed E-state index contributed by atoms with van der Waals surface area (Å²) in [6, 6.07) is 10.0. The molecule has 1 aliphatic heterocycles. The van der Waals surface area contributed by atoms with Crippen molar-refractivity contribution in [3.63, 3.8) is 0 Å². The van der Waals surface area contributed by atoms with Crippen LogP contribution in [0.1, 0.15) is 36.1 Å². The largest absolute Gasteiger partial charge is 0.483 e. The molecule has 2 aromatic carbocycles. The lowest BCUT2D eigenvalue weighted by Gasteiger charge is -2.28. The molecule has 8 heteroatoms. The van der Waals surface area contributed by atoms with E-state index in [9.17, 15) is 13.2 Å². The molecule has 0 amide bonds. The fourth-order valence-corrected chi connectivity index (χ4v) is 2.73. The van der Waals surface area contributed by atoms with Crippen molar-refractivity contribution in [1.82, 2.24) is 0 Å². The highest BCUT2D eigenvalue weighted by molar-refractivity contribution is 6.13. The molecule has 146 valence electrons. The van der Waals surface area contributed by atoms with Gasteiger partial charge in [-0.2, -0.15) is 13.2 Å². The monoisotopic (exact) mass is 388 g/mol. The Morgan fingerprint density at radius 3 is 2.21 bits per heavy atom. The van der Waals surface area contributed by atoms with Crippen molar-refractivity contribution in [3.8, 4) is 5.75 Å². The van der Waals surface area contributed by atoms with Crippen molar-refractivity contribution in [2.75, 3.05) is 0 Å². The minimum Gasteiger partial charge on any atom is -0.483 e. The molecule has 0 aliphatic carbocycles. The van der Waals surface area contributed by atoms with Crippen LogP contribution in [0.25, 0.3) is 6.08 Å². The zero-order valence-corrected chi connectivity index (χ0v) is 15.3. The number of hydrogen-bond donors (Lipinski definition) is 2. The van der Waals surface area contributed by atoms with Crippen LogP contribution in [0, 0.1) is 0 Å². The maximum atomic E-state index is 12.8. The lowest BCUT2D eigenvalue weighted by atomic mass is 9.96. The summed E-state index contributed by atoms with van der Waals surface area (Å²) in [5, 5.41) is 7.71. The van der Waals surface area contributed by atoms with Gasteiger partial charge in [-0.15, -0.1) is 10.2 Å². The topological polar surface area (TPSA) is 86.0 Å². The van der Waals surface area contributed by atoms with Gasteiger partial charge in [0.25, 0.3) is 0 Å². The molecule has 0 fully saturated rings. The number of rotatable bonds is 3. The molecule has 28 heavy (non-hydrogen) atoms. The summed E-state index contributed by atoms with van der Waals surface area (Å²) in [6.45, 7) is 3.88. The second-order valence-electron chi connectivity index (χ2n) is 6.84. The third kappa shape index (κ3) is 4.33. The Kier molecular flexibility index (Phi) is 4.89. The third-order valence-electron chi connectivity index (χ3n) is 4.07. The Morgan fingerprint density at radius 1 is 0.964 bits per heavy atom. The predicted molar refractivity (Wildman–Crippen MR) is 103 cm³/mol. The number of guanidine groups is 1. The highest BCUT2D eigenvalue weighted by atomic mass is 19.4. The lowest BCUT2D eigenvalue weighted by molar-refractivity contribution is -0.137. The Hall–Kier alpha value is -3.29. The van der Waals surface area contributed by atoms with Gasteiger partial charge < -0.3 is 16.2 Å². The molecule has 0 unspecified atom stereocenters. The summed E-state index contributed by atoms with van der Waals surface area (Å²) in [5.74, 6) is 0.442. The summed E-state index contributed by atoms with van der Waals surface area (Å²) in [4.78, 5) is 0. The van der Waals surface area contributed by atoms with E-state index >= 15 is 0 Å². The number of benzene rings is 2. The van der Waals surface area contributed by atoms with Crippen molar-refractivity contribution < 1.29 is 17.9 Å². The number of fused-ring (bicyclic) bond motifs is 1. The minimum absolute atomic E-state index is 0.257. The van der Waals surface area contributed by atoms with E-state index in [-0.39, 0.29) is 5.96 Å². The molecule has 0 bridgehead atoms. The molecular weight excluding hydrogens is 369 g/mol. The Morgan fingerprint density at radius 2 is 1.61 bits per heavy atom. The van der Waals surface area contributed by atoms with E-state index < -0.39 is 17.3 Å². The molecule has 0 saturated carbocycles. The summed E-state index contributed by atoms with van der Waals surface area (Å²) >= 11 is 0. The van der Waals surface area contributed by atoms with Crippen LogP contribution in [0.15, 0.2) is 58.7 Å². The van der Waals surface area contributed by atoms with Crippen LogP contribution in [-0.2, 0) is 6.18 Å². The van der Waals surface area contributed by atoms with E-state index in [0.29, 0.717) is 22.6 Å². The number of nitrogens with two attached hydrogens (primary N) is 2. The van der Waals surface area contributed by atoms with Crippen molar-refractivity contribution in [2.45, 2.75) is 25.6 Å². The predicted octanol–water partition coefficient (Wildman–Crippen LogP) is 3.92. The zero-order valence-electron chi connectivity index (χ0n) is 15.3. The summed E-state index contributed by atoms with van der Waals surface area (Å²) in [5.41, 5.74) is 11.8. The van der Waals surface area contributed by atoms with Gasteiger partial charge in [-0.25, -0.2) is 0 Å². The average molecular weight is 388 g/mol. The SMILES string of the molecule is CC1(C)C=Cc2cc(/C(=N\N=C(N)N)c3ccc(C(F)(F)F)cc3)ccc2O1. The normalized spacial score (nSPS) is 15.5. The van der Waals surface area contributed by atoms with Crippen LogP contribution in [0.5, 0.6) is 5.75 Å². The van der Waals surface area contributed by atoms with Crippen LogP contribution in [-0.4, -0.2) is 17.3 Å². The second-order valence-corrected chi connectivity index (χ2v) is 6.84. The Labute approximate surface area is 160 Å². The van der Waals surface area contributed by atoms with Crippen molar-refractivity contribution in [1.29, 1.82) is 0 Å². The van der Waals surface area contributed by atoms with Crippen molar-refractivity contribution in [2.24, 2.45) is 21.7 Å². The van der Waals surface area contributed by atoms with Gasteiger partial charge in [-0.05, 0) is 50.3 Å². The molecule has 4 N–H and O–H groups in total. The van der Waals surface area contributed by atoms with Gasteiger partial charge in [0.1, 0.15) is 17.1 Å². The molecule has 0 atom stereocenters. The first-order valence-corrected chi connectivity index (χ1v) is 8.42. The number of hydrogen-bond acceptors (Lipinski definition) is 3. The highest BCUT2D eigenvalue weighted by Crippen LogP contribution is 2.33. The van der Waals surface area contributed by atoms with E-state index in [1.54, 1.807) is 12.1 Å². The van der Waals surface area contributed by atoms with Gasteiger partial charge in [-0.1, -0.05) is 18.2 Å². The van der Waals surface area contributed by atoms with Gasteiger partial charge in [0, 0.05) is 16.7 Å². The van der Waals surface area contributed by atoms with Crippen LogP contribution >= 0.6 is 0 Å². The summed E-state index contributed by atoms with van der Waals surface area (Å²) in [7, 11) is 0. The molecule has 0 radical (unpaired) electrons. The number of nitrogens with zero attached hydrogens (tertiary/aromatic N) is 2. The third-order valence-corrected chi connectivity index (χ3v) is 4.07. The van der Waals surface area contributed by atoms with Gasteiger partial charge in [0.2, 0.25) is 5.96 Å². The molecular formula is C20H19F3N4O. The van der Waals surface area contributed by atoms with E-state index in [1.165, 1.54) is 12.1 Å². The standard InChI is InChI=1S/C20H19F3N4O/c1-19(2)10-9-13-11-14(5-8-16(13)28-19)17(26-27-18(24)25)12-3-6-15(7-4-12)20(21,22)23/h3-11H,1-2H3,(H4,24,25,27)/b26-17-. The molecule has 5 nitrogen and oxygen atoms in total. The molecule has 1 heterocycles. The van der Waals surface area contributed by atoms with Crippen LogP contribution < -0.4 is 16.2 Å². The first-order valence-electron chi connectivity index (χ1n) is 8.42. The number of ether oxygens (including phenoxy) is 1. The minimum atomic E-state index is -4.42. The number of alkyl halides is 3. The van der Waals surface area contributed by atoms with Crippen molar-refractivity contribution >= 4 is 17.7 Å². The highest BCUT2D eigenvalue weighted by Gasteiger charge is 2.30. The van der Waals surface area contributed by atoms with E-state index in [2.05, 4.69) is 10.2 Å². The smallest absolute Gasteiger partial charge is 0.416 e. The van der Waals surface area contributed by atoms with E-state index in [1.807, 2.05) is 32.1 Å². The van der Waals surface area contributed by atoms with Crippen LogP contribution in [0.2, 0.25) is 0 Å². The number of halogens is 3. The fourth-order valence-electron chi connectivity index (χ4n) is 2.73. The molecule has 0 spiro atoms. The molecule has 0 aromatic heterocycles. The van der Waals surface area contributed by atoms with Gasteiger partial charge in [-0.3, -0.25) is 0 Å². The zero-order chi connectivity index (χ0) is 20.5. The molecule has 1 aliphatic rings. The fraction of sp³-hybridized carbons (Fsp3) is 0.200. The molecule has 0 saturated heterocycles. The van der Waals surface area contributed by atoms with Gasteiger partial charge >= 0.3 is 6.18 Å². The Balaban J connectivity index is 2.05. The second kappa shape index (κ2) is 7.03. The summed E-state index contributed by atoms with van der Waals surface area (Å²) < 4.78 is 44.4. The van der Waals surface area contributed by atoms with Crippen molar-refractivity contribution in [3.05, 3.63) is 70.8 Å². The van der Waals surface area contributed by atoms with E-state index in [4.69, 9.17) is 16.2 Å². The average Bonchev–Trinajstić information content (AvgIpc) is 2.61. The quantitative estimate of drug-likeness (QED) is 0.475. The maximum Gasteiger partial charge on any atom is 0.416 e. The van der Waals surface area contributed by atoms with Crippen LogP contribution in [0.4, 0.5) is 13.2 Å². The van der Waals surface area contributed by atoms with Crippen LogP contribution in [0.3, 0.4) is 0 Å². The first kappa shape index (κ1) is 19.5. The Bertz CT molecular complexity index is 970.